The fourth-order valence-corrected chi connectivity index (χ4v) is 3.24. The summed E-state index contributed by atoms with van der Waals surface area (Å²) in [5, 5.41) is 10.8. The molecule has 1 heterocycles. The van der Waals surface area contributed by atoms with E-state index < -0.39 is 25.0 Å². The summed E-state index contributed by atoms with van der Waals surface area (Å²) in [5.74, 6) is -1.81. The molecular formula is C19H25N2O7P. The van der Waals surface area contributed by atoms with Gasteiger partial charge in [0.2, 0.25) is 13.1 Å². The molecule has 0 fully saturated rings. The van der Waals surface area contributed by atoms with Crippen molar-refractivity contribution in [1.29, 1.82) is 0 Å². The van der Waals surface area contributed by atoms with Crippen LogP contribution in [-0.2, 0) is 9.30 Å². The van der Waals surface area contributed by atoms with Crippen molar-refractivity contribution in [3.63, 3.8) is 0 Å². The molecule has 0 aliphatic carbocycles. The number of amides is 1. The first kappa shape index (κ1) is 22.4. The molecule has 0 bridgehead atoms. The second kappa shape index (κ2) is 8.61. The molecule has 0 atom stereocenters. The van der Waals surface area contributed by atoms with E-state index in [0.29, 0.717) is 11.4 Å². The summed E-state index contributed by atoms with van der Waals surface area (Å²) in [7, 11) is 1.34. The van der Waals surface area contributed by atoms with Crippen molar-refractivity contribution in [3.05, 3.63) is 35.7 Å². The van der Waals surface area contributed by atoms with E-state index >= 15 is 0 Å². The highest BCUT2D eigenvalue weighted by Gasteiger charge is 2.36. The number of rotatable bonds is 7. The Kier molecular flexibility index (Phi) is 6.64. The summed E-state index contributed by atoms with van der Waals surface area (Å²) in [5.41, 5.74) is -0.0680. The van der Waals surface area contributed by atoms with Crippen LogP contribution in [0.4, 0.5) is 0 Å². The zero-order valence-electron chi connectivity index (χ0n) is 17.3. The molecule has 1 N–H and O–H groups in total. The Balaban J connectivity index is 2.90. The van der Waals surface area contributed by atoms with Crippen LogP contribution in [0.2, 0.25) is 0 Å². The van der Waals surface area contributed by atoms with Gasteiger partial charge in [0.25, 0.3) is 5.91 Å². The lowest BCUT2D eigenvalue weighted by atomic mass is 10.2. The first-order chi connectivity index (χ1) is 13.5. The van der Waals surface area contributed by atoms with Crippen LogP contribution >= 0.6 is 7.37 Å². The Hall–Kier alpha value is -2.93. The number of benzene rings is 1. The maximum Gasteiger partial charge on any atom is 0.359 e. The minimum absolute atomic E-state index is 0.0548. The van der Waals surface area contributed by atoms with Crippen molar-refractivity contribution in [1.82, 2.24) is 9.47 Å². The number of carbonyl (C=O) groups is 2. The van der Waals surface area contributed by atoms with Crippen LogP contribution in [0.15, 0.2) is 24.3 Å². The third-order valence-electron chi connectivity index (χ3n) is 3.82. The third-order valence-corrected chi connectivity index (χ3v) is 4.44. The van der Waals surface area contributed by atoms with E-state index in [9.17, 15) is 19.3 Å². The van der Waals surface area contributed by atoms with Crippen molar-refractivity contribution in [2.24, 2.45) is 0 Å². The Morgan fingerprint density at radius 2 is 1.72 bits per heavy atom. The predicted molar refractivity (Wildman–Crippen MR) is 108 cm³/mol. The summed E-state index contributed by atoms with van der Waals surface area (Å²) >= 11 is 0. The van der Waals surface area contributed by atoms with Crippen LogP contribution in [0, 0.1) is 0 Å². The van der Waals surface area contributed by atoms with Crippen LogP contribution in [0.1, 0.15) is 27.9 Å². The van der Waals surface area contributed by atoms with Gasteiger partial charge in [0.15, 0.2) is 17.1 Å². The molecule has 0 saturated carbocycles. The van der Waals surface area contributed by atoms with Gasteiger partial charge < -0.3 is 24.0 Å². The van der Waals surface area contributed by atoms with Gasteiger partial charge in [-0.15, -0.1) is 0 Å². The van der Waals surface area contributed by atoms with Gasteiger partial charge in [-0.25, -0.2) is 4.79 Å². The molecule has 0 radical (unpaired) electrons. The van der Waals surface area contributed by atoms with Crippen molar-refractivity contribution >= 4 is 19.2 Å². The van der Waals surface area contributed by atoms with Crippen molar-refractivity contribution in [2.45, 2.75) is 6.92 Å². The molecule has 1 amide bonds. The number of methoxy groups -OCH3 is 1. The molecule has 0 saturated heterocycles. The molecule has 9 nitrogen and oxygen atoms in total. The van der Waals surface area contributed by atoms with E-state index in [-0.39, 0.29) is 23.7 Å². The molecule has 158 valence electrons. The fourth-order valence-electron chi connectivity index (χ4n) is 2.63. The summed E-state index contributed by atoms with van der Waals surface area (Å²) in [6.45, 7) is 4.35. The number of hydrogen-bond donors (Lipinski definition) is 1. The van der Waals surface area contributed by atoms with E-state index in [4.69, 9.17) is 14.0 Å². The van der Waals surface area contributed by atoms with Crippen LogP contribution in [-0.4, -0.2) is 67.6 Å². The van der Waals surface area contributed by atoms with Gasteiger partial charge in [-0.1, -0.05) is 0 Å². The maximum atomic E-state index is 13.0. The number of hydrogen-bond acceptors (Lipinski definition) is 7. The first-order valence-electron chi connectivity index (χ1n) is 8.77. The smallest absolute Gasteiger partial charge is 0.359 e. The number of aromatic nitrogens is 1. The number of aromatic hydroxyl groups is 1. The van der Waals surface area contributed by atoms with Gasteiger partial charge in [0.1, 0.15) is 5.75 Å². The predicted octanol–water partition coefficient (Wildman–Crippen LogP) is 2.99. The molecule has 1 aromatic carbocycles. The number of ether oxygens (including phenoxy) is 2. The second-order valence-corrected chi connectivity index (χ2v) is 9.36. The Bertz CT molecular complexity index is 958. The van der Waals surface area contributed by atoms with E-state index in [1.165, 1.54) is 44.0 Å². The molecule has 0 aliphatic rings. The zero-order chi connectivity index (χ0) is 21.9. The normalized spacial score (nSPS) is 11.1. The Labute approximate surface area is 169 Å². The highest BCUT2D eigenvalue weighted by atomic mass is 31.2. The molecule has 1 aromatic heterocycles. The quantitative estimate of drug-likeness (QED) is 0.538. The summed E-state index contributed by atoms with van der Waals surface area (Å²) < 4.78 is 29.2. The lowest BCUT2D eigenvalue weighted by Gasteiger charge is -2.17. The molecule has 29 heavy (non-hydrogen) atoms. The van der Waals surface area contributed by atoms with E-state index in [2.05, 4.69) is 0 Å². The van der Waals surface area contributed by atoms with Crippen LogP contribution < -0.4 is 9.26 Å². The number of esters is 1. The molecule has 2 aromatic rings. The standard InChI is InChI=1S/C19H25N2O7P/c1-7-27-19(24)14-16(22)17(28-29(5,6)25)15(18(23)20(2)3)21(14)12-8-10-13(26-4)11-9-12/h8-11,22H,7H2,1-6H3. The number of carbonyl (C=O) groups excluding carboxylic acids is 2. The lowest BCUT2D eigenvalue weighted by molar-refractivity contribution is 0.0513. The van der Waals surface area contributed by atoms with Crippen LogP contribution in [0.3, 0.4) is 0 Å². The Morgan fingerprint density at radius 3 is 2.17 bits per heavy atom. The molecule has 0 unspecified atom stereocenters. The van der Waals surface area contributed by atoms with E-state index in [1.807, 2.05) is 0 Å². The Morgan fingerprint density at radius 1 is 1.14 bits per heavy atom. The molecular weight excluding hydrogens is 399 g/mol. The maximum absolute atomic E-state index is 13.0. The van der Waals surface area contributed by atoms with Gasteiger partial charge in [0.05, 0.1) is 13.7 Å². The van der Waals surface area contributed by atoms with Gasteiger partial charge in [-0.3, -0.25) is 13.9 Å². The topological polar surface area (TPSA) is 107 Å². The van der Waals surface area contributed by atoms with Gasteiger partial charge in [0, 0.05) is 33.1 Å². The minimum atomic E-state index is -3.18. The number of nitrogens with zero attached hydrogens (tertiary/aromatic N) is 2. The highest BCUT2D eigenvalue weighted by Crippen LogP contribution is 2.48. The van der Waals surface area contributed by atoms with Gasteiger partial charge in [-0.2, -0.15) is 0 Å². The molecule has 2 rings (SSSR count). The van der Waals surface area contributed by atoms with Crippen molar-refractivity contribution in [3.8, 4) is 22.9 Å². The van der Waals surface area contributed by atoms with E-state index in [1.54, 1.807) is 31.2 Å². The SMILES string of the molecule is CCOC(=O)c1c(O)c(OP(C)(C)=O)c(C(=O)N(C)C)n1-c1ccc(OC)cc1. The van der Waals surface area contributed by atoms with Crippen molar-refractivity contribution < 1.29 is 33.3 Å². The van der Waals surface area contributed by atoms with Gasteiger partial charge in [-0.05, 0) is 31.2 Å². The average molecular weight is 424 g/mol. The zero-order valence-corrected chi connectivity index (χ0v) is 18.1. The lowest BCUT2D eigenvalue weighted by Crippen LogP contribution is -2.26. The molecule has 0 spiro atoms. The van der Waals surface area contributed by atoms with Crippen molar-refractivity contribution in [2.75, 3.05) is 41.1 Å². The monoisotopic (exact) mass is 424 g/mol. The molecule has 0 aliphatic heterocycles. The average Bonchev–Trinajstić information content (AvgIpc) is 2.92. The highest BCUT2D eigenvalue weighted by molar-refractivity contribution is 7.57. The van der Waals surface area contributed by atoms with Crippen LogP contribution in [0.5, 0.6) is 17.2 Å². The van der Waals surface area contributed by atoms with Crippen LogP contribution in [0.25, 0.3) is 5.69 Å². The first-order valence-corrected chi connectivity index (χ1v) is 11.3. The minimum Gasteiger partial charge on any atom is -0.503 e. The summed E-state index contributed by atoms with van der Waals surface area (Å²) in [4.78, 5) is 26.8. The van der Waals surface area contributed by atoms with Gasteiger partial charge >= 0.3 is 5.97 Å². The largest absolute Gasteiger partial charge is 0.503 e. The second-order valence-electron chi connectivity index (χ2n) is 6.67. The summed E-state index contributed by atoms with van der Waals surface area (Å²) in [6.07, 6.45) is 0. The third kappa shape index (κ3) is 4.74. The van der Waals surface area contributed by atoms with E-state index in [0.717, 1.165) is 0 Å². The summed E-state index contributed by atoms with van der Waals surface area (Å²) in [6, 6.07) is 6.48. The fraction of sp³-hybridized carbons (Fsp3) is 0.368. The molecule has 10 heteroatoms.